The van der Waals surface area contributed by atoms with Crippen molar-refractivity contribution in [1.82, 2.24) is 9.55 Å². The molecule has 1 aromatic heterocycles. The van der Waals surface area contributed by atoms with Crippen LogP contribution in [0.4, 0.5) is 0 Å². The summed E-state index contributed by atoms with van der Waals surface area (Å²) in [6, 6.07) is 7.76. The van der Waals surface area contributed by atoms with E-state index in [9.17, 15) is 9.90 Å². The number of ether oxygens (including phenoxy) is 1. The highest BCUT2D eigenvalue weighted by atomic mass is 16.5. The van der Waals surface area contributed by atoms with Gasteiger partial charge in [0.2, 0.25) is 0 Å². The van der Waals surface area contributed by atoms with Crippen molar-refractivity contribution in [1.29, 1.82) is 0 Å². The van der Waals surface area contributed by atoms with Crippen LogP contribution in [0.3, 0.4) is 0 Å². The molecule has 1 N–H and O–H groups in total. The molecule has 0 amide bonds. The van der Waals surface area contributed by atoms with E-state index in [1.807, 2.05) is 35.8 Å². The van der Waals surface area contributed by atoms with E-state index in [-0.39, 0.29) is 23.4 Å². The topological polar surface area (TPSA) is 64.3 Å². The fourth-order valence-electron chi connectivity index (χ4n) is 3.47. The van der Waals surface area contributed by atoms with Crippen molar-refractivity contribution in [2.24, 2.45) is 16.2 Å². The van der Waals surface area contributed by atoms with Gasteiger partial charge >= 0.3 is 5.97 Å². The fourth-order valence-corrected chi connectivity index (χ4v) is 3.47. The summed E-state index contributed by atoms with van der Waals surface area (Å²) in [4.78, 5) is 17.3. The second-order valence-electron chi connectivity index (χ2n) is 9.96. The SMILES string of the molecule is CC(C)(C)CC(C)(C(=O)OCC(O)Cn1cnc2ccccc21)C(C)(C)C. The zero-order chi connectivity index (χ0) is 20.5. The van der Waals surface area contributed by atoms with Gasteiger partial charge in [-0.25, -0.2) is 4.98 Å². The Morgan fingerprint density at radius 3 is 2.37 bits per heavy atom. The summed E-state index contributed by atoms with van der Waals surface area (Å²) >= 11 is 0. The Morgan fingerprint density at radius 1 is 1.15 bits per heavy atom. The third-order valence-electron chi connectivity index (χ3n) is 5.33. The first kappa shape index (κ1) is 21.4. The summed E-state index contributed by atoms with van der Waals surface area (Å²) in [5.74, 6) is -0.250. The van der Waals surface area contributed by atoms with Gasteiger partial charge in [-0.2, -0.15) is 0 Å². The van der Waals surface area contributed by atoms with E-state index >= 15 is 0 Å². The highest BCUT2D eigenvalue weighted by molar-refractivity contribution is 5.77. The number of esters is 1. The molecule has 27 heavy (non-hydrogen) atoms. The number of nitrogens with zero attached hydrogens (tertiary/aromatic N) is 2. The van der Waals surface area contributed by atoms with Gasteiger partial charge in [-0.3, -0.25) is 4.79 Å². The number of aromatic nitrogens is 2. The summed E-state index contributed by atoms with van der Waals surface area (Å²) in [6.45, 7) is 14.8. The lowest BCUT2D eigenvalue weighted by Crippen LogP contribution is -2.45. The van der Waals surface area contributed by atoms with Crippen molar-refractivity contribution in [2.45, 2.75) is 67.5 Å². The van der Waals surface area contributed by atoms with Gasteiger partial charge in [0.05, 0.1) is 29.3 Å². The lowest BCUT2D eigenvalue weighted by molar-refractivity contribution is -0.168. The van der Waals surface area contributed by atoms with Crippen LogP contribution in [0, 0.1) is 16.2 Å². The van der Waals surface area contributed by atoms with Crippen LogP contribution in [0.25, 0.3) is 11.0 Å². The van der Waals surface area contributed by atoms with E-state index in [0.717, 1.165) is 11.0 Å². The Morgan fingerprint density at radius 2 is 1.78 bits per heavy atom. The van der Waals surface area contributed by atoms with Crippen molar-refractivity contribution in [2.75, 3.05) is 6.61 Å². The van der Waals surface area contributed by atoms with Gasteiger partial charge < -0.3 is 14.4 Å². The van der Waals surface area contributed by atoms with Crippen molar-refractivity contribution >= 4 is 17.0 Å². The Bertz CT molecular complexity index is 783. The second-order valence-corrected chi connectivity index (χ2v) is 9.96. The molecule has 0 aliphatic rings. The third-order valence-corrected chi connectivity index (χ3v) is 5.33. The molecule has 0 saturated heterocycles. The summed E-state index contributed by atoms with van der Waals surface area (Å²) in [5, 5.41) is 10.4. The molecule has 0 spiro atoms. The van der Waals surface area contributed by atoms with Crippen LogP contribution in [0.15, 0.2) is 30.6 Å². The Hall–Kier alpha value is -1.88. The van der Waals surface area contributed by atoms with Gasteiger partial charge in [-0.1, -0.05) is 53.7 Å². The first-order chi connectivity index (χ1) is 12.3. The first-order valence-electron chi connectivity index (χ1n) is 9.59. The van der Waals surface area contributed by atoms with Crippen LogP contribution in [0.2, 0.25) is 0 Å². The van der Waals surface area contributed by atoms with Crippen molar-refractivity contribution in [3.05, 3.63) is 30.6 Å². The van der Waals surface area contributed by atoms with Gasteiger partial charge in [0, 0.05) is 0 Å². The van der Waals surface area contributed by atoms with Gasteiger partial charge in [0.25, 0.3) is 0 Å². The number of hydrogen-bond acceptors (Lipinski definition) is 4. The maximum atomic E-state index is 13.0. The predicted molar refractivity (Wildman–Crippen MR) is 108 cm³/mol. The largest absolute Gasteiger partial charge is 0.462 e. The molecule has 0 radical (unpaired) electrons. The van der Waals surface area contributed by atoms with Gasteiger partial charge in [0.15, 0.2) is 0 Å². The van der Waals surface area contributed by atoms with Gasteiger partial charge in [-0.05, 0) is 36.3 Å². The first-order valence-corrected chi connectivity index (χ1v) is 9.59. The standard InChI is InChI=1S/C22H34N2O3/c1-20(2,3)14-22(7,21(4,5)6)19(26)27-13-16(25)12-24-15-23-17-10-8-9-11-18(17)24/h8-11,15-16,25H,12-14H2,1-7H3. The number of carbonyl (C=O) groups excluding carboxylic acids is 1. The predicted octanol–water partition coefficient (Wildman–Crippen LogP) is 4.43. The number of hydrogen-bond donors (Lipinski definition) is 1. The Kier molecular flexibility index (Phi) is 6.05. The number of carbonyl (C=O) groups is 1. The molecule has 0 aliphatic heterocycles. The van der Waals surface area contributed by atoms with Crippen molar-refractivity contribution in [3.63, 3.8) is 0 Å². The molecule has 5 nitrogen and oxygen atoms in total. The van der Waals surface area contributed by atoms with E-state index in [1.54, 1.807) is 6.33 Å². The summed E-state index contributed by atoms with van der Waals surface area (Å²) in [6.07, 6.45) is 1.63. The van der Waals surface area contributed by atoms with Crippen LogP contribution >= 0.6 is 0 Å². The number of fused-ring (bicyclic) bond motifs is 1. The van der Waals surface area contributed by atoms with Crippen LogP contribution in [-0.2, 0) is 16.1 Å². The monoisotopic (exact) mass is 374 g/mol. The van der Waals surface area contributed by atoms with Gasteiger partial charge in [0.1, 0.15) is 12.7 Å². The Balaban J connectivity index is 2.04. The number of rotatable bonds is 6. The lowest BCUT2D eigenvalue weighted by atomic mass is 9.61. The van der Waals surface area contributed by atoms with E-state index < -0.39 is 11.5 Å². The molecule has 1 aromatic carbocycles. The highest BCUT2D eigenvalue weighted by Crippen LogP contribution is 2.47. The number of benzene rings is 1. The summed E-state index contributed by atoms with van der Waals surface area (Å²) < 4.78 is 7.46. The average molecular weight is 375 g/mol. The van der Waals surface area contributed by atoms with Crippen molar-refractivity contribution < 1.29 is 14.6 Å². The third kappa shape index (κ3) is 5.10. The number of aliphatic hydroxyl groups excluding tert-OH is 1. The molecule has 2 unspecified atom stereocenters. The lowest BCUT2D eigenvalue weighted by Gasteiger charge is -2.43. The van der Waals surface area contributed by atoms with Crippen molar-refractivity contribution in [3.8, 4) is 0 Å². The smallest absolute Gasteiger partial charge is 0.312 e. The minimum absolute atomic E-state index is 0.00457. The molecule has 150 valence electrons. The van der Waals surface area contributed by atoms with E-state index in [4.69, 9.17) is 4.74 Å². The Labute approximate surface area is 162 Å². The van der Waals surface area contributed by atoms with E-state index in [1.165, 1.54) is 0 Å². The summed E-state index contributed by atoms with van der Waals surface area (Å²) in [7, 11) is 0. The fraction of sp³-hybridized carbons (Fsp3) is 0.636. The number of aliphatic hydroxyl groups is 1. The molecular formula is C22H34N2O3. The molecule has 2 atom stereocenters. The quantitative estimate of drug-likeness (QED) is 0.760. The molecule has 0 saturated carbocycles. The zero-order valence-electron chi connectivity index (χ0n) is 17.7. The molecule has 0 bridgehead atoms. The van der Waals surface area contributed by atoms with Crippen LogP contribution < -0.4 is 0 Å². The minimum atomic E-state index is -0.787. The van der Waals surface area contributed by atoms with Crippen LogP contribution in [-0.4, -0.2) is 33.3 Å². The molecule has 0 aliphatic carbocycles. The normalized spacial score (nSPS) is 16.1. The van der Waals surface area contributed by atoms with E-state index in [2.05, 4.69) is 46.5 Å². The minimum Gasteiger partial charge on any atom is -0.462 e. The highest BCUT2D eigenvalue weighted by Gasteiger charge is 2.47. The molecule has 0 fully saturated rings. The van der Waals surface area contributed by atoms with Crippen LogP contribution in [0.1, 0.15) is 54.9 Å². The zero-order valence-corrected chi connectivity index (χ0v) is 17.7. The van der Waals surface area contributed by atoms with E-state index in [0.29, 0.717) is 13.0 Å². The van der Waals surface area contributed by atoms with Crippen LogP contribution in [0.5, 0.6) is 0 Å². The van der Waals surface area contributed by atoms with Gasteiger partial charge in [-0.15, -0.1) is 0 Å². The summed E-state index contributed by atoms with van der Waals surface area (Å²) in [5.41, 5.74) is 0.951. The maximum Gasteiger partial charge on any atom is 0.312 e. The second kappa shape index (κ2) is 7.63. The molecule has 2 rings (SSSR count). The number of para-hydroxylation sites is 2. The average Bonchev–Trinajstić information content (AvgIpc) is 2.93. The number of imidazole rings is 1. The molecular weight excluding hydrogens is 340 g/mol. The molecule has 5 heteroatoms. The molecule has 2 aromatic rings. The maximum absolute atomic E-state index is 13.0. The molecule has 1 heterocycles.